The number of nitrogens with one attached hydrogen (secondary N) is 1. The Labute approximate surface area is 199 Å². The Hall–Kier alpha value is -3.27. The van der Waals surface area contributed by atoms with Gasteiger partial charge in [0.05, 0.1) is 16.6 Å². The second kappa shape index (κ2) is 9.70. The van der Waals surface area contributed by atoms with Gasteiger partial charge in [-0.1, -0.05) is 19.1 Å². The van der Waals surface area contributed by atoms with Gasteiger partial charge in [0.2, 0.25) is 11.9 Å². The van der Waals surface area contributed by atoms with Crippen LogP contribution in [0.1, 0.15) is 37.7 Å². The van der Waals surface area contributed by atoms with E-state index < -0.39 is 6.09 Å². The molecular weight excluding hydrogens is 493 g/mol. The van der Waals surface area contributed by atoms with Gasteiger partial charge in [-0.3, -0.25) is 0 Å². The van der Waals surface area contributed by atoms with E-state index >= 15 is 0 Å². The molecule has 10 heteroatoms. The van der Waals surface area contributed by atoms with E-state index in [1.54, 1.807) is 13.0 Å². The van der Waals surface area contributed by atoms with Gasteiger partial charge in [-0.05, 0) is 72.1 Å². The van der Waals surface area contributed by atoms with E-state index in [1.165, 1.54) is 17.0 Å². The summed E-state index contributed by atoms with van der Waals surface area (Å²) in [6, 6.07) is 11.5. The SMILES string of the molecule is CCC1COC(=O)N1c1nc(C)nc(N[C@H](C)c2ccc(Oc3ccc(F)cc3Br)cc2)n1. The number of nitrogens with zero attached hydrogens (tertiary/aromatic N) is 4. The van der Waals surface area contributed by atoms with Crippen molar-refractivity contribution >= 4 is 33.9 Å². The molecule has 1 aromatic heterocycles. The molecule has 3 aromatic rings. The van der Waals surface area contributed by atoms with Gasteiger partial charge in [-0.2, -0.15) is 15.0 Å². The van der Waals surface area contributed by atoms with Crippen LogP contribution < -0.4 is 15.0 Å². The lowest BCUT2D eigenvalue weighted by Gasteiger charge is -2.20. The highest BCUT2D eigenvalue weighted by Crippen LogP contribution is 2.31. The average Bonchev–Trinajstić information content (AvgIpc) is 3.16. The van der Waals surface area contributed by atoms with Crippen LogP contribution in [0.25, 0.3) is 0 Å². The van der Waals surface area contributed by atoms with Crippen LogP contribution in [-0.4, -0.2) is 33.7 Å². The summed E-state index contributed by atoms with van der Waals surface area (Å²) in [6.07, 6.45) is 0.285. The number of carbonyl (C=O) groups is 1. The quantitative estimate of drug-likeness (QED) is 0.426. The molecule has 0 saturated carbocycles. The zero-order valence-electron chi connectivity index (χ0n) is 18.4. The predicted octanol–water partition coefficient (Wildman–Crippen LogP) is 5.78. The van der Waals surface area contributed by atoms with Gasteiger partial charge in [0.25, 0.3) is 0 Å². The fraction of sp³-hybridized carbons (Fsp3) is 0.304. The summed E-state index contributed by atoms with van der Waals surface area (Å²) < 4.78 is 24.8. The Kier molecular flexibility index (Phi) is 6.73. The maximum Gasteiger partial charge on any atom is 0.417 e. The number of amides is 1. The molecule has 0 radical (unpaired) electrons. The normalized spacial score (nSPS) is 16.5. The van der Waals surface area contributed by atoms with E-state index in [2.05, 4.69) is 36.2 Å². The van der Waals surface area contributed by atoms with Crippen molar-refractivity contribution in [1.29, 1.82) is 0 Å². The highest BCUT2D eigenvalue weighted by Gasteiger charge is 2.35. The van der Waals surface area contributed by atoms with Crippen LogP contribution in [0.2, 0.25) is 0 Å². The van der Waals surface area contributed by atoms with Gasteiger partial charge in [0, 0.05) is 0 Å². The third-order valence-corrected chi connectivity index (χ3v) is 5.85. The van der Waals surface area contributed by atoms with Crippen molar-refractivity contribution in [3.63, 3.8) is 0 Å². The van der Waals surface area contributed by atoms with Gasteiger partial charge in [-0.15, -0.1) is 0 Å². The molecule has 1 aliphatic rings. The molecule has 8 nitrogen and oxygen atoms in total. The Bertz CT molecular complexity index is 1160. The molecular formula is C23H23BrFN5O3. The van der Waals surface area contributed by atoms with Gasteiger partial charge < -0.3 is 14.8 Å². The van der Waals surface area contributed by atoms with Crippen molar-refractivity contribution in [2.45, 2.75) is 39.3 Å². The molecule has 0 bridgehead atoms. The third-order valence-electron chi connectivity index (χ3n) is 5.23. The molecule has 2 aromatic carbocycles. The molecule has 1 saturated heterocycles. The topological polar surface area (TPSA) is 89.5 Å². The van der Waals surface area contributed by atoms with Gasteiger partial charge in [-0.25, -0.2) is 14.1 Å². The highest BCUT2D eigenvalue weighted by atomic mass is 79.9. The summed E-state index contributed by atoms with van der Waals surface area (Å²) in [4.78, 5) is 26.8. The van der Waals surface area contributed by atoms with E-state index in [0.29, 0.717) is 34.4 Å². The molecule has 4 rings (SSSR count). The standard InChI is InChI=1S/C23H23BrFN5O3/c1-4-17-12-32-23(31)30(17)22-28-14(3)27-21(29-22)26-13(2)15-5-8-18(9-6-15)33-20-10-7-16(25)11-19(20)24/h5-11,13,17H,4,12H2,1-3H3,(H,26,27,28,29)/t13-,17?/m1/s1. The van der Waals surface area contributed by atoms with E-state index in [9.17, 15) is 9.18 Å². The van der Waals surface area contributed by atoms with Crippen LogP contribution in [0, 0.1) is 12.7 Å². The Morgan fingerprint density at radius 1 is 1.24 bits per heavy atom. The lowest BCUT2D eigenvalue weighted by Crippen LogP contribution is -2.34. The average molecular weight is 516 g/mol. The van der Waals surface area contributed by atoms with Gasteiger partial charge in [0.1, 0.15) is 29.7 Å². The maximum absolute atomic E-state index is 13.3. The lowest BCUT2D eigenvalue weighted by molar-refractivity contribution is 0.178. The fourth-order valence-corrected chi connectivity index (χ4v) is 3.86. The second-order valence-corrected chi connectivity index (χ2v) is 8.48. The number of aromatic nitrogens is 3. The van der Waals surface area contributed by atoms with Crippen molar-refractivity contribution in [2.75, 3.05) is 16.8 Å². The maximum atomic E-state index is 13.3. The van der Waals surface area contributed by atoms with Crippen LogP contribution in [0.4, 0.5) is 21.1 Å². The Morgan fingerprint density at radius 2 is 2.00 bits per heavy atom. The number of hydrogen-bond acceptors (Lipinski definition) is 7. The summed E-state index contributed by atoms with van der Waals surface area (Å²) in [5, 5.41) is 3.26. The largest absolute Gasteiger partial charge is 0.456 e. The number of benzene rings is 2. The summed E-state index contributed by atoms with van der Waals surface area (Å²) >= 11 is 3.30. The molecule has 2 atom stereocenters. The molecule has 2 heterocycles. The van der Waals surface area contributed by atoms with Crippen molar-refractivity contribution in [2.24, 2.45) is 0 Å². The van der Waals surface area contributed by atoms with Crippen molar-refractivity contribution in [1.82, 2.24) is 15.0 Å². The number of rotatable bonds is 7. The minimum atomic E-state index is -0.449. The molecule has 0 aliphatic carbocycles. The first-order valence-electron chi connectivity index (χ1n) is 10.5. The van der Waals surface area contributed by atoms with Gasteiger partial charge in [0.15, 0.2) is 0 Å². The third kappa shape index (κ3) is 5.22. The molecule has 1 N–H and O–H groups in total. The smallest absolute Gasteiger partial charge is 0.417 e. The van der Waals surface area contributed by atoms with Crippen molar-refractivity contribution < 1.29 is 18.7 Å². The Balaban J connectivity index is 1.47. The van der Waals surface area contributed by atoms with Gasteiger partial charge >= 0.3 is 6.09 Å². The molecule has 0 spiro atoms. The molecule has 1 unspecified atom stereocenters. The van der Waals surface area contributed by atoms with E-state index in [0.717, 1.165) is 12.0 Å². The van der Waals surface area contributed by atoms with E-state index in [4.69, 9.17) is 9.47 Å². The first-order valence-corrected chi connectivity index (χ1v) is 11.3. The van der Waals surface area contributed by atoms with Crippen LogP contribution >= 0.6 is 15.9 Å². The number of cyclic esters (lactones) is 1. The Morgan fingerprint density at radius 3 is 2.70 bits per heavy atom. The summed E-state index contributed by atoms with van der Waals surface area (Å²) in [5.41, 5.74) is 0.979. The molecule has 172 valence electrons. The fourth-order valence-electron chi connectivity index (χ4n) is 3.43. The first kappa shape index (κ1) is 22.9. The zero-order chi connectivity index (χ0) is 23.5. The van der Waals surface area contributed by atoms with Crippen LogP contribution in [0.3, 0.4) is 0 Å². The minimum absolute atomic E-state index is 0.0988. The number of ether oxygens (including phenoxy) is 2. The molecule has 33 heavy (non-hydrogen) atoms. The second-order valence-electron chi connectivity index (χ2n) is 7.63. The van der Waals surface area contributed by atoms with Crippen LogP contribution in [-0.2, 0) is 4.74 Å². The number of aryl methyl sites for hydroxylation is 1. The summed E-state index contributed by atoms with van der Waals surface area (Å²) in [6.45, 7) is 6.03. The minimum Gasteiger partial charge on any atom is -0.456 e. The van der Waals surface area contributed by atoms with E-state index in [1.807, 2.05) is 38.1 Å². The summed E-state index contributed by atoms with van der Waals surface area (Å²) in [5.74, 6) is 1.95. The van der Waals surface area contributed by atoms with Crippen molar-refractivity contribution in [3.05, 3.63) is 64.1 Å². The lowest BCUT2D eigenvalue weighted by atomic mass is 10.1. The van der Waals surface area contributed by atoms with Crippen LogP contribution in [0.15, 0.2) is 46.9 Å². The number of hydrogen-bond donors (Lipinski definition) is 1. The highest BCUT2D eigenvalue weighted by molar-refractivity contribution is 9.10. The number of carbonyl (C=O) groups excluding carboxylic acids is 1. The molecule has 1 fully saturated rings. The monoisotopic (exact) mass is 515 g/mol. The first-order chi connectivity index (χ1) is 15.8. The molecule has 1 aliphatic heterocycles. The predicted molar refractivity (Wildman–Crippen MR) is 125 cm³/mol. The van der Waals surface area contributed by atoms with Crippen LogP contribution in [0.5, 0.6) is 11.5 Å². The zero-order valence-corrected chi connectivity index (χ0v) is 20.0. The molecule has 1 amide bonds. The van der Waals surface area contributed by atoms with E-state index in [-0.39, 0.29) is 23.8 Å². The number of anilines is 2. The number of halogens is 2. The summed E-state index contributed by atoms with van der Waals surface area (Å²) in [7, 11) is 0. The van der Waals surface area contributed by atoms with Crippen molar-refractivity contribution in [3.8, 4) is 11.5 Å².